The van der Waals surface area contributed by atoms with Crippen LogP contribution < -0.4 is 5.32 Å². The minimum Gasteiger partial charge on any atom is -0.506 e. The summed E-state index contributed by atoms with van der Waals surface area (Å²) in [6, 6.07) is 13.3. The van der Waals surface area contributed by atoms with Gasteiger partial charge < -0.3 is 10.4 Å². The Morgan fingerprint density at radius 3 is 2.58 bits per heavy atom. The van der Waals surface area contributed by atoms with E-state index in [2.05, 4.69) is 53.4 Å². The summed E-state index contributed by atoms with van der Waals surface area (Å²) in [4.78, 5) is 10.9. The molecule has 4 rings (SSSR count). The van der Waals surface area contributed by atoms with Gasteiger partial charge in [0.05, 0.1) is 11.1 Å². The van der Waals surface area contributed by atoms with E-state index in [4.69, 9.17) is 11.6 Å². The molecule has 0 amide bonds. The molecule has 130 valence electrons. The zero-order valence-electron chi connectivity index (χ0n) is 14.2. The van der Waals surface area contributed by atoms with Crippen molar-refractivity contribution in [2.24, 2.45) is 0 Å². The molecule has 0 aliphatic heterocycles. The molecule has 0 saturated carbocycles. The predicted octanol–water partition coefficient (Wildman–Crippen LogP) is 6.08. The average molecular weight is 382 g/mol. The van der Waals surface area contributed by atoms with E-state index in [0.29, 0.717) is 16.5 Å². The second kappa shape index (κ2) is 6.59. The number of fused-ring (bicyclic) bond motifs is 1. The number of aromatic hydroxyl groups is 1. The molecular weight excluding hydrogens is 366 g/mol. The molecule has 2 aromatic heterocycles. The second-order valence-electron chi connectivity index (χ2n) is 6.09. The topological polar surface area (TPSA) is 58.0 Å². The van der Waals surface area contributed by atoms with Crippen molar-refractivity contribution in [2.75, 3.05) is 5.32 Å². The van der Waals surface area contributed by atoms with Crippen LogP contribution in [0.5, 0.6) is 5.75 Å². The highest BCUT2D eigenvalue weighted by molar-refractivity contribution is 7.19. The fourth-order valence-corrected chi connectivity index (χ4v) is 4.13. The maximum absolute atomic E-state index is 10.1. The van der Waals surface area contributed by atoms with Crippen LogP contribution in [0.1, 0.15) is 10.4 Å². The highest BCUT2D eigenvalue weighted by Crippen LogP contribution is 2.41. The van der Waals surface area contributed by atoms with Crippen molar-refractivity contribution in [1.82, 2.24) is 9.97 Å². The molecule has 0 unspecified atom stereocenters. The number of aromatic nitrogens is 2. The van der Waals surface area contributed by atoms with Crippen molar-refractivity contribution in [3.05, 3.63) is 64.3 Å². The summed E-state index contributed by atoms with van der Waals surface area (Å²) < 4.78 is 0. The molecule has 2 heterocycles. The van der Waals surface area contributed by atoms with Gasteiger partial charge in [0.15, 0.2) is 0 Å². The van der Waals surface area contributed by atoms with Gasteiger partial charge in [-0.25, -0.2) is 9.97 Å². The first kappa shape index (κ1) is 16.8. The zero-order chi connectivity index (χ0) is 18.3. The molecule has 4 nitrogen and oxygen atoms in total. The quantitative estimate of drug-likeness (QED) is 0.422. The first-order chi connectivity index (χ1) is 12.5. The zero-order valence-corrected chi connectivity index (χ0v) is 15.8. The van der Waals surface area contributed by atoms with E-state index in [9.17, 15) is 5.11 Å². The van der Waals surface area contributed by atoms with Crippen molar-refractivity contribution in [2.45, 2.75) is 13.8 Å². The maximum atomic E-state index is 10.1. The predicted molar refractivity (Wildman–Crippen MR) is 109 cm³/mol. The molecule has 26 heavy (non-hydrogen) atoms. The van der Waals surface area contributed by atoms with E-state index in [0.717, 1.165) is 21.3 Å². The molecule has 0 aliphatic carbocycles. The number of halogens is 1. The van der Waals surface area contributed by atoms with Crippen molar-refractivity contribution in [1.29, 1.82) is 0 Å². The molecule has 0 fully saturated rings. The summed E-state index contributed by atoms with van der Waals surface area (Å²) in [5, 5.41) is 14.8. The summed E-state index contributed by atoms with van der Waals surface area (Å²) in [7, 11) is 0. The van der Waals surface area contributed by atoms with Crippen LogP contribution >= 0.6 is 22.9 Å². The van der Waals surface area contributed by atoms with Crippen LogP contribution in [-0.4, -0.2) is 15.1 Å². The Balaban J connectivity index is 1.90. The first-order valence-electron chi connectivity index (χ1n) is 8.09. The van der Waals surface area contributed by atoms with Crippen LogP contribution in [-0.2, 0) is 0 Å². The van der Waals surface area contributed by atoms with Crippen LogP contribution in [0.4, 0.5) is 11.5 Å². The van der Waals surface area contributed by atoms with Crippen LogP contribution in [0.3, 0.4) is 0 Å². The number of phenolic OH excluding ortho intramolecular Hbond substituents is 1. The number of nitrogens with one attached hydrogen (secondary N) is 1. The van der Waals surface area contributed by atoms with E-state index in [1.807, 2.05) is 0 Å². The van der Waals surface area contributed by atoms with E-state index in [1.54, 1.807) is 29.5 Å². The van der Waals surface area contributed by atoms with Gasteiger partial charge in [-0.15, -0.1) is 11.3 Å². The molecule has 0 aliphatic rings. The number of hydrogen-bond donors (Lipinski definition) is 2. The van der Waals surface area contributed by atoms with Gasteiger partial charge in [-0.3, -0.25) is 0 Å². The van der Waals surface area contributed by atoms with Crippen molar-refractivity contribution >= 4 is 44.7 Å². The lowest BCUT2D eigenvalue weighted by Gasteiger charge is -2.11. The normalized spacial score (nSPS) is 11.0. The van der Waals surface area contributed by atoms with Gasteiger partial charge in [0.1, 0.15) is 22.7 Å². The molecule has 4 aromatic rings. The molecule has 0 bridgehead atoms. The van der Waals surface area contributed by atoms with Crippen molar-refractivity contribution < 1.29 is 5.11 Å². The molecular formula is C20H16ClN3OS. The fraction of sp³-hybridized carbons (Fsp3) is 0.100. The largest absolute Gasteiger partial charge is 0.506 e. The summed E-state index contributed by atoms with van der Waals surface area (Å²) in [6.45, 7) is 4.16. The van der Waals surface area contributed by atoms with Gasteiger partial charge in [-0.1, -0.05) is 41.4 Å². The lowest BCUT2D eigenvalue weighted by molar-refractivity contribution is 0.478. The summed E-state index contributed by atoms with van der Waals surface area (Å²) >= 11 is 7.70. The Morgan fingerprint density at radius 1 is 1.04 bits per heavy atom. The number of aryl methyl sites for hydroxylation is 2. The van der Waals surface area contributed by atoms with Gasteiger partial charge >= 0.3 is 0 Å². The Labute approximate surface area is 160 Å². The Hall–Kier alpha value is -2.63. The number of phenols is 1. The molecule has 0 saturated heterocycles. The monoisotopic (exact) mass is 381 g/mol. The highest BCUT2D eigenvalue weighted by atomic mass is 35.5. The summed E-state index contributed by atoms with van der Waals surface area (Å²) in [6.07, 6.45) is 1.53. The molecule has 2 N–H and O–H groups in total. The number of rotatable bonds is 3. The number of hydrogen-bond acceptors (Lipinski definition) is 5. The van der Waals surface area contributed by atoms with E-state index >= 15 is 0 Å². The van der Waals surface area contributed by atoms with Crippen LogP contribution in [0.25, 0.3) is 21.3 Å². The third kappa shape index (κ3) is 3.00. The van der Waals surface area contributed by atoms with Crippen LogP contribution in [0.2, 0.25) is 5.02 Å². The number of anilines is 2. The van der Waals surface area contributed by atoms with Gasteiger partial charge in [0.2, 0.25) is 0 Å². The van der Waals surface area contributed by atoms with E-state index < -0.39 is 0 Å². The Bertz CT molecular complexity index is 1110. The molecule has 6 heteroatoms. The van der Waals surface area contributed by atoms with Crippen LogP contribution in [0, 0.1) is 13.8 Å². The molecule has 0 atom stereocenters. The van der Waals surface area contributed by atoms with Gasteiger partial charge in [0.25, 0.3) is 0 Å². The molecule has 2 aromatic carbocycles. The van der Waals surface area contributed by atoms with Gasteiger partial charge in [0, 0.05) is 15.5 Å². The molecule has 0 radical (unpaired) electrons. The van der Waals surface area contributed by atoms with Crippen molar-refractivity contribution in [3.8, 4) is 16.9 Å². The Morgan fingerprint density at radius 2 is 1.81 bits per heavy atom. The number of benzene rings is 2. The molecule has 0 spiro atoms. The van der Waals surface area contributed by atoms with E-state index in [-0.39, 0.29) is 5.75 Å². The summed E-state index contributed by atoms with van der Waals surface area (Å²) in [5.41, 5.74) is 3.95. The maximum Gasteiger partial charge on any atom is 0.143 e. The van der Waals surface area contributed by atoms with Gasteiger partial charge in [-0.2, -0.15) is 0 Å². The van der Waals surface area contributed by atoms with Crippen molar-refractivity contribution in [3.63, 3.8) is 0 Å². The standard InChI is InChI=1S/C20H16ClN3OS/c1-11-3-5-13(6-4-11)17-12(2)26-20-18(17)19(22-10-23-20)24-15-9-14(21)7-8-16(15)25/h3-10,25H,1-2H3,(H,22,23,24). The average Bonchev–Trinajstić information content (AvgIpc) is 2.96. The highest BCUT2D eigenvalue weighted by Gasteiger charge is 2.17. The number of nitrogens with zero attached hydrogens (tertiary/aromatic N) is 2. The first-order valence-corrected chi connectivity index (χ1v) is 9.29. The third-order valence-electron chi connectivity index (χ3n) is 4.22. The minimum atomic E-state index is 0.116. The van der Waals surface area contributed by atoms with E-state index in [1.165, 1.54) is 16.8 Å². The fourth-order valence-electron chi connectivity index (χ4n) is 2.94. The number of thiophene rings is 1. The lowest BCUT2D eigenvalue weighted by Crippen LogP contribution is -1.96. The summed E-state index contributed by atoms with van der Waals surface area (Å²) in [5.74, 6) is 0.762. The SMILES string of the molecule is Cc1ccc(-c2c(C)sc3ncnc(Nc4cc(Cl)ccc4O)c23)cc1. The van der Waals surface area contributed by atoms with Gasteiger partial charge in [-0.05, 0) is 37.6 Å². The minimum absolute atomic E-state index is 0.116. The third-order valence-corrected chi connectivity index (χ3v) is 5.46. The smallest absolute Gasteiger partial charge is 0.143 e. The Kier molecular flexibility index (Phi) is 4.26. The second-order valence-corrected chi connectivity index (χ2v) is 7.73. The lowest BCUT2D eigenvalue weighted by atomic mass is 10.0. The van der Waals surface area contributed by atoms with Crippen LogP contribution in [0.15, 0.2) is 48.8 Å².